The number of aromatic nitrogens is 1. The third-order valence-corrected chi connectivity index (χ3v) is 4.51. The van der Waals surface area contributed by atoms with Gasteiger partial charge in [0.15, 0.2) is 6.10 Å². The van der Waals surface area contributed by atoms with Gasteiger partial charge in [0.1, 0.15) is 0 Å². The van der Waals surface area contributed by atoms with E-state index < -0.39 is 12.3 Å². The zero-order valence-electron chi connectivity index (χ0n) is 8.91. The summed E-state index contributed by atoms with van der Waals surface area (Å²) in [6.45, 7) is 0. The summed E-state index contributed by atoms with van der Waals surface area (Å²) < 4.78 is 36.0. The van der Waals surface area contributed by atoms with Crippen LogP contribution in [0, 0.1) is 0 Å². The second-order valence-corrected chi connectivity index (χ2v) is 5.94. The molecule has 1 aliphatic carbocycles. The van der Waals surface area contributed by atoms with Gasteiger partial charge in [-0.3, -0.25) is 0 Å². The molecule has 1 aromatic heterocycles. The minimum atomic E-state index is -4.52. The van der Waals surface area contributed by atoms with E-state index >= 15 is 0 Å². The van der Waals surface area contributed by atoms with Crippen molar-refractivity contribution >= 4 is 23.1 Å². The summed E-state index contributed by atoms with van der Waals surface area (Å²) >= 11 is 2.64. The molecule has 1 atom stereocenters. The lowest BCUT2D eigenvalue weighted by atomic mass is 10.4. The van der Waals surface area contributed by atoms with E-state index in [1.807, 2.05) is 5.38 Å². The maximum Gasteiger partial charge on any atom is 0.415 e. The maximum atomic E-state index is 12.0. The van der Waals surface area contributed by atoms with Gasteiger partial charge in [0, 0.05) is 22.8 Å². The minimum Gasteiger partial charge on any atom is -0.383 e. The Hall–Kier alpha value is -0.270. The molecule has 1 heterocycles. The molecule has 0 radical (unpaired) electrons. The normalized spacial score (nSPS) is 18.4. The Morgan fingerprint density at radius 3 is 2.82 bits per heavy atom. The fourth-order valence-corrected chi connectivity index (χ4v) is 3.26. The van der Waals surface area contributed by atoms with Crippen LogP contribution in [0.5, 0.6) is 0 Å². The minimum absolute atomic E-state index is 0.334. The van der Waals surface area contributed by atoms with E-state index in [0.717, 1.165) is 22.5 Å². The topological polar surface area (TPSA) is 33.1 Å². The first-order chi connectivity index (χ1) is 7.97. The van der Waals surface area contributed by atoms with Crippen LogP contribution >= 0.6 is 23.1 Å². The molecule has 1 N–H and O–H groups in total. The van der Waals surface area contributed by atoms with Crippen molar-refractivity contribution in [1.29, 1.82) is 0 Å². The van der Waals surface area contributed by atoms with Crippen molar-refractivity contribution in [3.05, 3.63) is 16.1 Å². The lowest BCUT2D eigenvalue weighted by molar-refractivity contribution is -0.195. The first kappa shape index (κ1) is 13.2. The van der Waals surface area contributed by atoms with Gasteiger partial charge in [-0.15, -0.1) is 11.3 Å². The van der Waals surface area contributed by atoms with Gasteiger partial charge >= 0.3 is 6.18 Å². The number of hydrogen-bond acceptors (Lipinski definition) is 4. The molecule has 7 heteroatoms. The van der Waals surface area contributed by atoms with Crippen LogP contribution in [0.3, 0.4) is 0 Å². The second-order valence-electron chi connectivity index (χ2n) is 4.02. The molecular weight excluding hydrogens is 271 g/mol. The van der Waals surface area contributed by atoms with Crippen LogP contribution in [-0.2, 0) is 5.75 Å². The highest BCUT2D eigenvalue weighted by Crippen LogP contribution is 2.41. The van der Waals surface area contributed by atoms with E-state index in [2.05, 4.69) is 4.98 Å². The number of nitrogens with zero attached hydrogens (tertiary/aromatic N) is 1. The Morgan fingerprint density at radius 1 is 1.53 bits per heavy atom. The van der Waals surface area contributed by atoms with Crippen molar-refractivity contribution in [2.45, 2.75) is 36.8 Å². The van der Waals surface area contributed by atoms with Gasteiger partial charge in [-0.05, 0) is 12.8 Å². The average Bonchev–Trinajstić information content (AvgIpc) is 2.98. The number of hydrogen-bond donors (Lipinski definition) is 1. The Morgan fingerprint density at radius 2 is 2.24 bits per heavy atom. The summed E-state index contributed by atoms with van der Waals surface area (Å²) in [5, 5.41) is 11.8. The third kappa shape index (κ3) is 3.86. The average molecular weight is 283 g/mol. The van der Waals surface area contributed by atoms with Gasteiger partial charge in [-0.1, -0.05) is 0 Å². The SMILES string of the molecule is O[C@@H](CSCc1csc(C2CC2)n1)C(F)(F)F. The van der Waals surface area contributed by atoms with Crippen molar-refractivity contribution in [1.82, 2.24) is 4.98 Å². The summed E-state index contributed by atoms with van der Waals surface area (Å²) in [5.41, 5.74) is 0.816. The van der Waals surface area contributed by atoms with Crippen LogP contribution in [0.2, 0.25) is 0 Å². The third-order valence-electron chi connectivity index (χ3n) is 2.40. The molecule has 0 aliphatic heterocycles. The first-order valence-electron chi connectivity index (χ1n) is 5.23. The summed E-state index contributed by atoms with van der Waals surface area (Å²) in [7, 11) is 0. The molecule has 1 aliphatic rings. The molecular formula is C10H12F3NOS2. The number of aliphatic hydroxyl groups excluding tert-OH is 1. The first-order valence-corrected chi connectivity index (χ1v) is 7.27. The molecule has 2 rings (SSSR count). The predicted molar refractivity (Wildman–Crippen MR) is 62.3 cm³/mol. The van der Waals surface area contributed by atoms with Crippen molar-refractivity contribution in [3.63, 3.8) is 0 Å². The maximum absolute atomic E-state index is 12.0. The smallest absolute Gasteiger partial charge is 0.383 e. The van der Waals surface area contributed by atoms with Crippen molar-refractivity contribution in [2.75, 3.05) is 5.75 Å². The van der Waals surface area contributed by atoms with Crippen LogP contribution in [-0.4, -0.2) is 28.1 Å². The highest BCUT2D eigenvalue weighted by molar-refractivity contribution is 7.98. The van der Waals surface area contributed by atoms with Crippen LogP contribution in [0.25, 0.3) is 0 Å². The zero-order valence-corrected chi connectivity index (χ0v) is 10.5. The van der Waals surface area contributed by atoms with E-state index in [1.165, 1.54) is 12.8 Å². The molecule has 0 amide bonds. The summed E-state index contributed by atoms with van der Waals surface area (Å²) in [6.07, 6.45) is -4.41. The number of halogens is 3. The molecule has 0 bridgehead atoms. The fourth-order valence-electron chi connectivity index (χ4n) is 1.28. The number of rotatable bonds is 5. The van der Waals surface area contributed by atoms with E-state index in [4.69, 9.17) is 5.11 Å². The van der Waals surface area contributed by atoms with E-state index in [1.54, 1.807) is 11.3 Å². The number of thiazole rings is 1. The molecule has 0 aromatic carbocycles. The fraction of sp³-hybridized carbons (Fsp3) is 0.700. The van der Waals surface area contributed by atoms with Gasteiger partial charge in [-0.2, -0.15) is 24.9 Å². The van der Waals surface area contributed by atoms with E-state index in [-0.39, 0.29) is 5.75 Å². The summed E-state index contributed by atoms with van der Waals surface area (Å²) in [5.74, 6) is 0.676. The monoisotopic (exact) mass is 283 g/mol. The van der Waals surface area contributed by atoms with Gasteiger partial charge in [0.25, 0.3) is 0 Å². The molecule has 2 nitrogen and oxygen atoms in total. The lowest BCUT2D eigenvalue weighted by Gasteiger charge is -2.13. The summed E-state index contributed by atoms with van der Waals surface area (Å²) in [6, 6.07) is 0. The van der Waals surface area contributed by atoms with Crippen LogP contribution in [0.1, 0.15) is 29.5 Å². The Bertz CT molecular complexity index is 376. The standard InChI is InChI=1S/C10H12F3NOS2/c11-10(12,13)8(15)5-16-3-7-4-17-9(14-7)6-1-2-6/h4,6,8,15H,1-3,5H2/t8-/m0/s1. The second kappa shape index (κ2) is 5.16. The molecule has 1 saturated carbocycles. The van der Waals surface area contributed by atoms with E-state index in [9.17, 15) is 13.2 Å². The van der Waals surface area contributed by atoms with Crippen molar-refractivity contribution in [3.8, 4) is 0 Å². The molecule has 0 spiro atoms. The molecule has 1 fully saturated rings. The predicted octanol–water partition coefficient (Wildman–Crippen LogP) is 3.18. The number of aliphatic hydroxyl groups is 1. The molecule has 17 heavy (non-hydrogen) atoms. The number of thioether (sulfide) groups is 1. The van der Waals surface area contributed by atoms with Gasteiger partial charge < -0.3 is 5.11 Å². The Labute approximate surface area is 105 Å². The zero-order chi connectivity index (χ0) is 12.5. The highest BCUT2D eigenvalue weighted by Gasteiger charge is 2.37. The molecule has 96 valence electrons. The van der Waals surface area contributed by atoms with Crippen LogP contribution < -0.4 is 0 Å². The largest absolute Gasteiger partial charge is 0.415 e. The molecule has 0 saturated heterocycles. The Balaban J connectivity index is 1.74. The molecule has 0 unspecified atom stereocenters. The van der Waals surface area contributed by atoms with Crippen molar-refractivity contribution < 1.29 is 18.3 Å². The van der Waals surface area contributed by atoms with Crippen LogP contribution in [0.15, 0.2) is 5.38 Å². The number of alkyl halides is 3. The van der Waals surface area contributed by atoms with E-state index in [0.29, 0.717) is 11.7 Å². The van der Waals surface area contributed by atoms with Crippen LogP contribution in [0.4, 0.5) is 13.2 Å². The molecule has 1 aromatic rings. The quantitative estimate of drug-likeness (QED) is 0.901. The van der Waals surface area contributed by atoms with Crippen molar-refractivity contribution in [2.24, 2.45) is 0 Å². The Kier molecular flexibility index (Phi) is 3.99. The summed E-state index contributed by atoms with van der Waals surface area (Å²) in [4.78, 5) is 4.37. The lowest BCUT2D eigenvalue weighted by Crippen LogP contribution is -2.30. The van der Waals surface area contributed by atoms with Gasteiger partial charge in [-0.25, -0.2) is 4.98 Å². The van der Waals surface area contributed by atoms with Gasteiger partial charge in [0.2, 0.25) is 0 Å². The highest BCUT2D eigenvalue weighted by atomic mass is 32.2. The van der Waals surface area contributed by atoms with Gasteiger partial charge in [0.05, 0.1) is 10.7 Å².